The van der Waals surface area contributed by atoms with E-state index in [1.165, 1.54) is 0 Å². The molecule has 182 valence electrons. The lowest BCUT2D eigenvalue weighted by Gasteiger charge is -2.33. The maximum absolute atomic E-state index is 10.7. The van der Waals surface area contributed by atoms with Gasteiger partial charge in [0.25, 0.3) is 10.1 Å². The third kappa shape index (κ3) is 13.8. The number of aliphatic hydroxyl groups is 1. The van der Waals surface area contributed by atoms with E-state index in [4.69, 9.17) is 18.9 Å². The smallest absolute Gasteiger partial charge is 0.336 e. The van der Waals surface area contributed by atoms with Crippen LogP contribution in [0.2, 0.25) is 0 Å². The highest BCUT2D eigenvalue weighted by Crippen LogP contribution is 2.04. The van der Waals surface area contributed by atoms with E-state index in [1.807, 2.05) is 25.7 Å². The number of hydrogen-bond acceptors (Lipinski definition) is 9. The topological polar surface area (TPSA) is 160 Å². The first-order chi connectivity index (χ1) is 14.0. The van der Waals surface area contributed by atoms with Gasteiger partial charge in [-0.2, -0.15) is 21.1 Å². The summed E-state index contributed by atoms with van der Waals surface area (Å²) in [7, 11) is -7.91. The molecule has 0 aromatic heterocycles. The van der Waals surface area contributed by atoms with Crippen molar-refractivity contribution in [1.82, 2.24) is 19.4 Å². The Hall–Kier alpha value is -0.420. The second-order valence-corrected chi connectivity index (χ2v) is 9.41. The maximum atomic E-state index is 10.7. The number of piperazine rings is 2. The van der Waals surface area contributed by atoms with Crippen LogP contribution < -0.4 is 5.32 Å². The third-order valence-corrected chi connectivity index (χ3v) is 6.03. The Labute approximate surface area is 180 Å². The van der Waals surface area contributed by atoms with Crippen LogP contribution in [0.3, 0.4) is 0 Å². The number of hydrogen-bond donors (Lipinski definition) is 4. The van der Waals surface area contributed by atoms with E-state index < -0.39 is 20.4 Å². The molecule has 0 aliphatic carbocycles. The number of β-amino-alcohol motifs (C(OH)–C–C–N with tert-alkyl or cyclic N) is 1. The number of ether oxygens (including phenoxy) is 1. The van der Waals surface area contributed by atoms with Crippen molar-refractivity contribution in [3.05, 3.63) is 0 Å². The summed E-state index contributed by atoms with van der Waals surface area (Å²) >= 11 is 0. The predicted molar refractivity (Wildman–Crippen MR) is 114 cm³/mol. The molecule has 14 heteroatoms. The van der Waals surface area contributed by atoms with Crippen molar-refractivity contribution in [2.45, 2.75) is 27.0 Å². The van der Waals surface area contributed by atoms with Crippen LogP contribution in [0.15, 0.2) is 0 Å². The summed E-state index contributed by atoms with van der Waals surface area (Å²) in [6.45, 7) is 11.7. The monoisotopic (exact) mass is 478 g/mol. The molecule has 2 aliphatic rings. The molecule has 2 fully saturated rings. The zero-order valence-electron chi connectivity index (χ0n) is 18.1. The molecule has 1 unspecified atom stereocenters. The van der Waals surface area contributed by atoms with Gasteiger partial charge in [0.15, 0.2) is 0 Å². The Morgan fingerprint density at radius 1 is 0.967 bits per heavy atom. The summed E-state index contributed by atoms with van der Waals surface area (Å²) in [5.74, 6) is -0.201. The zero-order chi connectivity index (χ0) is 23.2. The SMILES string of the molecule is CC.CCOC1CN(S(=O)(=O)O)CCN1.O=S(=O)(O)CCN1CCN(CCO)CC1. The number of nitrogens with zero attached hydrogens (tertiary/aromatic N) is 3. The molecule has 1 atom stereocenters. The second-order valence-electron chi connectivity index (χ2n) is 6.43. The summed E-state index contributed by atoms with van der Waals surface area (Å²) in [5, 5.41) is 11.7. The van der Waals surface area contributed by atoms with Crippen LogP contribution in [-0.4, -0.2) is 129 Å². The van der Waals surface area contributed by atoms with Crippen molar-refractivity contribution in [3.63, 3.8) is 0 Å². The van der Waals surface area contributed by atoms with E-state index in [1.54, 1.807) is 0 Å². The highest BCUT2D eigenvalue weighted by molar-refractivity contribution is 7.85. The molecule has 2 saturated heterocycles. The minimum Gasteiger partial charge on any atom is -0.395 e. The standard InChI is InChI=1S/C8H18N2O4S.C6H14N2O4S.C2H6/c11-7-5-9-1-3-10(4-2-9)6-8-15(12,13)14;1-2-12-6-5-8(4-3-7-6)13(9,10)11;1-2/h11H,1-8H2,(H,12,13,14);6-7H,2-5H2,1H3,(H,9,10,11);1-2H3. The van der Waals surface area contributed by atoms with Gasteiger partial charge in [0, 0.05) is 59.0 Å². The van der Waals surface area contributed by atoms with E-state index in [2.05, 4.69) is 10.2 Å². The highest BCUT2D eigenvalue weighted by Gasteiger charge is 2.26. The largest absolute Gasteiger partial charge is 0.395 e. The van der Waals surface area contributed by atoms with Gasteiger partial charge in [-0.1, -0.05) is 13.8 Å². The van der Waals surface area contributed by atoms with E-state index in [9.17, 15) is 16.8 Å². The van der Waals surface area contributed by atoms with Gasteiger partial charge in [-0.05, 0) is 6.92 Å². The first-order valence-electron chi connectivity index (χ1n) is 10.1. The van der Waals surface area contributed by atoms with Gasteiger partial charge in [0.05, 0.1) is 18.9 Å². The molecular weight excluding hydrogens is 440 g/mol. The summed E-state index contributed by atoms with van der Waals surface area (Å²) in [4.78, 5) is 4.13. The Morgan fingerprint density at radius 3 is 1.93 bits per heavy atom. The second kappa shape index (κ2) is 15.4. The van der Waals surface area contributed by atoms with Crippen molar-refractivity contribution in [2.75, 3.05) is 77.9 Å². The van der Waals surface area contributed by atoms with E-state index >= 15 is 0 Å². The Morgan fingerprint density at radius 2 is 1.50 bits per heavy atom. The Bertz CT molecular complexity index is 638. The molecule has 0 saturated carbocycles. The van der Waals surface area contributed by atoms with Gasteiger partial charge in [0.1, 0.15) is 6.23 Å². The predicted octanol–water partition coefficient (Wildman–Crippen LogP) is -1.43. The average molecular weight is 479 g/mol. The summed E-state index contributed by atoms with van der Waals surface area (Å²) in [6, 6.07) is 0. The van der Waals surface area contributed by atoms with Gasteiger partial charge in [-0.25, -0.2) is 0 Å². The highest BCUT2D eigenvalue weighted by atomic mass is 32.2. The normalized spacial score (nSPS) is 21.9. The van der Waals surface area contributed by atoms with E-state index in [0.29, 0.717) is 26.2 Å². The molecular formula is C16H38N4O8S2. The van der Waals surface area contributed by atoms with Crippen LogP contribution in [0, 0.1) is 0 Å². The molecule has 2 heterocycles. The number of aliphatic hydroxyl groups excluding tert-OH is 1. The average Bonchev–Trinajstić information content (AvgIpc) is 2.69. The molecule has 0 amide bonds. The molecule has 0 aromatic rings. The molecule has 12 nitrogen and oxygen atoms in total. The molecule has 0 radical (unpaired) electrons. The maximum Gasteiger partial charge on any atom is 0.336 e. The lowest BCUT2D eigenvalue weighted by molar-refractivity contribution is 0.00910. The lowest BCUT2D eigenvalue weighted by atomic mass is 10.3. The van der Waals surface area contributed by atoms with Crippen LogP contribution in [0.25, 0.3) is 0 Å². The van der Waals surface area contributed by atoms with E-state index in [0.717, 1.165) is 30.5 Å². The molecule has 0 aromatic carbocycles. The minimum atomic E-state index is -4.06. The van der Waals surface area contributed by atoms with Gasteiger partial charge in [-0.3, -0.25) is 24.2 Å². The van der Waals surface area contributed by atoms with Crippen LogP contribution in [0.4, 0.5) is 0 Å². The summed E-state index contributed by atoms with van der Waals surface area (Å²) < 4.78 is 66.0. The van der Waals surface area contributed by atoms with Gasteiger partial charge in [-0.15, -0.1) is 0 Å². The zero-order valence-corrected chi connectivity index (χ0v) is 19.7. The van der Waals surface area contributed by atoms with Gasteiger partial charge in [0.2, 0.25) is 0 Å². The lowest BCUT2D eigenvalue weighted by Crippen LogP contribution is -2.53. The molecule has 2 rings (SSSR count). The van der Waals surface area contributed by atoms with Crippen molar-refractivity contribution in [2.24, 2.45) is 0 Å². The van der Waals surface area contributed by atoms with E-state index in [-0.39, 0.29) is 31.7 Å². The fraction of sp³-hybridized carbons (Fsp3) is 1.00. The fourth-order valence-corrected chi connectivity index (χ4v) is 3.97. The quantitative estimate of drug-likeness (QED) is 0.303. The van der Waals surface area contributed by atoms with Gasteiger partial charge >= 0.3 is 10.3 Å². The minimum absolute atomic E-state index is 0.158. The van der Waals surface area contributed by atoms with Crippen LogP contribution in [0.1, 0.15) is 20.8 Å². The number of nitrogens with one attached hydrogen (secondary N) is 1. The van der Waals surface area contributed by atoms with Crippen molar-refractivity contribution in [3.8, 4) is 0 Å². The summed E-state index contributed by atoms with van der Waals surface area (Å²) in [5.41, 5.74) is 0. The molecule has 30 heavy (non-hydrogen) atoms. The summed E-state index contributed by atoms with van der Waals surface area (Å²) in [6.07, 6.45) is -0.319. The van der Waals surface area contributed by atoms with Crippen molar-refractivity contribution >= 4 is 20.4 Å². The molecule has 0 bridgehead atoms. The first-order valence-corrected chi connectivity index (χ1v) is 13.1. The van der Waals surface area contributed by atoms with Crippen molar-refractivity contribution in [1.29, 1.82) is 0 Å². The number of rotatable bonds is 8. The Kier molecular flexibility index (Phi) is 15.2. The van der Waals surface area contributed by atoms with Crippen LogP contribution in [-0.2, 0) is 25.2 Å². The molecule has 4 N–H and O–H groups in total. The fourth-order valence-electron chi connectivity index (χ4n) is 2.84. The van der Waals surface area contributed by atoms with Crippen molar-refractivity contribution < 1.29 is 35.8 Å². The van der Waals surface area contributed by atoms with Gasteiger partial charge < -0.3 is 9.84 Å². The molecule has 2 aliphatic heterocycles. The first kappa shape index (κ1) is 29.6. The Balaban J connectivity index is 0.000000522. The van der Waals surface area contributed by atoms with Crippen LogP contribution in [0.5, 0.6) is 0 Å². The molecule has 0 spiro atoms. The third-order valence-electron chi connectivity index (χ3n) is 4.34. The van der Waals surface area contributed by atoms with Crippen LogP contribution >= 0.6 is 0 Å².